The molecule has 20 heavy (non-hydrogen) atoms. The SMILES string of the molecule is CNC(Cn1nc(OC)ccc1=O)c1ccc(C)cc1. The number of hydrogen-bond acceptors (Lipinski definition) is 4. The van der Waals surface area contributed by atoms with E-state index in [9.17, 15) is 4.79 Å². The van der Waals surface area contributed by atoms with Crippen LogP contribution in [-0.4, -0.2) is 23.9 Å². The van der Waals surface area contributed by atoms with Crippen molar-refractivity contribution >= 4 is 0 Å². The first kappa shape index (κ1) is 14.3. The van der Waals surface area contributed by atoms with Gasteiger partial charge < -0.3 is 10.1 Å². The second kappa shape index (κ2) is 6.34. The molecule has 0 aliphatic heterocycles. The first-order valence-electron chi connectivity index (χ1n) is 6.50. The zero-order chi connectivity index (χ0) is 14.5. The maximum atomic E-state index is 11.8. The van der Waals surface area contributed by atoms with Crippen LogP contribution in [0.5, 0.6) is 5.88 Å². The number of hydrogen-bond donors (Lipinski definition) is 1. The molecule has 1 heterocycles. The van der Waals surface area contributed by atoms with Gasteiger partial charge in [0.05, 0.1) is 19.7 Å². The Morgan fingerprint density at radius 3 is 2.55 bits per heavy atom. The van der Waals surface area contributed by atoms with E-state index in [1.807, 2.05) is 14.0 Å². The summed E-state index contributed by atoms with van der Waals surface area (Å²) >= 11 is 0. The molecule has 5 nitrogen and oxygen atoms in total. The van der Waals surface area contributed by atoms with Gasteiger partial charge in [0.1, 0.15) is 0 Å². The van der Waals surface area contributed by atoms with Gasteiger partial charge >= 0.3 is 0 Å². The third-order valence-corrected chi connectivity index (χ3v) is 3.23. The molecule has 2 aromatic rings. The minimum Gasteiger partial charge on any atom is -0.480 e. The highest BCUT2D eigenvalue weighted by Crippen LogP contribution is 2.15. The van der Waals surface area contributed by atoms with Crippen molar-refractivity contribution in [2.24, 2.45) is 0 Å². The Balaban J connectivity index is 2.26. The smallest absolute Gasteiger partial charge is 0.267 e. The van der Waals surface area contributed by atoms with Gasteiger partial charge in [-0.2, -0.15) is 0 Å². The molecule has 1 aromatic heterocycles. The monoisotopic (exact) mass is 273 g/mol. The fourth-order valence-corrected chi connectivity index (χ4v) is 2.00. The minimum atomic E-state index is -0.141. The number of methoxy groups -OCH3 is 1. The number of likely N-dealkylation sites (N-methyl/N-ethyl adjacent to an activating group) is 1. The maximum absolute atomic E-state index is 11.8. The van der Waals surface area contributed by atoms with E-state index in [2.05, 4.69) is 34.7 Å². The molecule has 1 unspecified atom stereocenters. The van der Waals surface area contributed by atoms with Gasteiger partial charge in [0.25, 0.3) is 5.56 Å². The van der Waals surface area contributed by atoms with Crippen molar-refractivity contribution in [2.75, 3.05) is 14.2 Å². The van der Waals surface area contributed by atoms with Crippen LogP contribution in [0.25, 0.3) is 0 Å². The van der Waals surface area contributed by atoms with E-state index in [0.717, 1.165) is 5.56 Å². The summed E-state index contributed by atoms with van der Waals surface area (Å²) in [6, 6.07) is 11.3. The maximum Gasteiger partial charge on any atom is 0.267 e. The molecule has 0 amide bonds. The van der Waals surface area contributed by atoms with E-state index in [1.54, 1.807) is 6.07 Å². The van der Waals surface area contributed by atoms with Gasteiger partial charge in [0.15, 0.2) is 0 Å². The van der Waals surface area contributed by atoms with Gasteiger partial charge in [-0.15, -0.1) is 5.10 Å². The molecule has 2 rings (SSSR count). The Hall–Kier alpha value is -2.14. The number of nitrogens with zero attached hydrogens (tertiary/aromatic N) is 2. The molecular weight excluding hydrogens is 254 g/mol. The van der Waals surface area contributed by atoms with Crippen LogP contribution in [0.1, 0.15) is 17.2 Å². The largest absolute Gasteiger partial charge is 0.480 e. The molecule has 0 saturated heterocycles. The van der Waals surface area contributed by atoms with Gasteiger partial charge in [0, 0.05) is 12.1 Å². The summed E-state index contributed by atoms with van der Waals surface area (Å²) in [7, 11) is 3.41. The second-order valence-corrected chi connectivity index (χ2v) is 4.65. The molecule has 5 heteroatoms. The molecule has 0 fully saturated rings. The molecule has 0 aliphatic rings. The summed E-state index contributed by atoms with van der Waals surface area (Å²) in [5.41, 5.74) is 2.19. The zero-order valence-corrected chi connectivity index (χ0v) is 12.0. The van der Waals surface area contributed by atoms with Crippen LogP contribution < -0.4 is 15.6 Å². The van der Waals surface area contributed by atoms with Crippen molar-refractivity contribution in [3.05, 3.63) is 57.9 Å². The number of aromatic nitrogens is 2. The third kappa shape index (κ3) is 3.24. The van der Waals surface area contributed by atoms with E-state index in [4.69, 9.17) is 4.74 Å². The van der Waals surface area contributed by atoms with Crippen molar-refractivity contribution in [3.63, 3.8) is 0 Å². The Morgan fingerprint density at radius 1 is 1.25 bits per heavy atom. The highest BCUT2D eigenvalue weighted by Gasteiger charge is 2.12. The summed E-state index contributed by atoms with van der Waals surface area (Å²) in [4.78, 5) is 11.8. The molecule has 0 saturated carbocycles. The number of benzene rings is 1. The lowest BCUT2D eigenvalue weighted by molar-refractivity contribution is 0.364. The van der Waals surface area contributed by atoms with Crippen LogP contribution in [-0.2, 0) is 6.54 Å². The van der Waals surface area contributed by atoms with E-state index < -0.39 is 0 Å². The summed E-state index contributed by atoms with van der Waals surface area (Å²) < 4.78 is 6.47. The van der Waals surface area contributed by atoms with Crippen LogP contribution in [0.4, 0.5) is 0 Å². The van der Waals surface area contributed by atoms with Crippen LogP contribution in [0.15, 0.2) is 41.2 Å². The molecule has 1 N–H and O–H groups in total. The van der Waals surface area contributed by atoms with Crippen molar-refractivity contribution in [2.45, 2.75) is 19.5 Å². The van der Waals surface area contributed by atoms with Crippen LogP contribution in [0.2, 0.25) is 0 Å². The van der Waals surface area contributed by atoms with Gasteiger partial charge in [-0.1, -0.05) is 29.8 Å². The van der Waals surface area contributed by atoms with Gasteiger partial charge in [-0.25, -0.2) is 4.68 Å². The molecule has 0 bridgehead atoms. The number of aryl methyl sites for hydroxylation is 1. The zero-order valence-electron chi connectivity index (χ0n) is 12.0. The Bertz CT molecular complexity index is 620. The molecule has 106 valence electrons. The van der Waals surface area contributed by atoms with E-state index in [1.165, 1.54) is 23.4 Å². The Morgan fingerprint density at radius 2 is 1.95 bits per heavy atom. The average molecular weight is 273 g/mol. The third-order valence-electron chi connectivity index (χ3n) is 3.23. The molecule has 1 atom stereocenters. The van der Waals surface area contributed by atoms with Crippen LogP contribution >= 0.6 is 0 Å². The topological polar surface area (TPSA) is 56.1 Å². The number of rotatable bonds is 5. The van der Waals surface area contributed by atoms with Crippen molar-refractivity contribution < 1.29 is 4.74 Å². The fourth-order valence-electron chi connectivity index (χ4n) is 2.00. The summed E-state index contributed by atoms with van der Waals surface area (Å²) in [6.45, 7) is 2.50. The number of nitrogens with one attached hydrogen (secondary N) is 1. The number of ether oxygens (including phenoxy) is 1. The molecule has 0 radical (unpaired) electrons. The van der Waals surface area contributed by atoms with E-state index in [0.29, 0.717) is 12.4 Å². The highest BCUT2D eigenvalue weighted by molar-refractivity contribution is 5.24. The molecular formula is C15H19N3O2. The van der Waals surface area contributed by atoms with Crippen molar-refractivity contribution in [1.29, 1.82) is 0 Å². The minimum absolute atomic E-state index is 0.0212. The second-order valence-electron chi connectivity index (χ2n) is 4.65. The Labute approximate surface area is 118 Å². The van der Waals surface area contributed by atoms with Gasteiger partial charge in [0.2, 0.25) is 5.88 Å². The Kier molecular flexibility index (Phi) is 4.53. The van der Waals surface area contributed by atoms with Crippen LogP contribution in [0.3, 0.4) is 0 Å². The predicted molar refractivity (Wildman–Crippen MR) is 78.0 cm³/mol. The standard InChI is InChI=1S/C15H19N3O2/c1-11-4-6-12(7-5-11)13(16-2)10-18-15(19)9-8-14(17-18)20-3/h4-9,13,16H,10H2,1-3H3. The van der Waals surface area contributed by atoms with Gasteiger partial charge in [-0.05, 0) is 19.5 Å². The van der Waals surface area contributed by atoms with Gasteiger partial charge in [-0.3, -0.25) is 4.79 Å². The first-order valence-corrected chi connectivity index (χ1v) is 6.50. The predicted octanol–water partition coefficient (Wildman–Crippen LogP) is 1.52. The molecule has 0 spiro atoms. The van der Waals surface area contributed by atoms with Crippen LogP contribution in [0, 0.1) is 6.92 Å². The molecule has 1 aromatic carbocycles. The van der Waals surface area contributed by atoms with Crippen molar-refractivity contribution in [3.8, 4) is 5.88 Å². The highest BCUT2D eigenvalue weighted by atomic mass is 16.5. The lowest BCUT2D eigenvalue weighted by Gasteiger charge is -2.17. The lowest BCUT2D eigenvalue weighted by Crippen LogP contribution is -2.30. The van der Waals surface area contributed by atoms with E-state index in [-0.39, 0.29) is 11.6 Å². The summed E-state index contributed by atoms with van der Waals surface area (Å²) in [5, 5.41) is 7.37. The van der Waals surface area contributed by atoms with E-state index >= 15 is 0 Å². The summed E-state index contributed by atoms with van der Waals surface area (Å²) in [5.74, 6) is 0.434. The molecule has 0 aliphatic carbocycles. The first-order chi connectivity index (χ1) is 9.63. The summed E-state index contributed by atoms with van der Waals surface area (Å²) in [6.07, 6.45) is 0. The average Bonchev–Trinajstić information content (AvgIpc) is 2.47. The fraction of sp³-hybridized carbons (Fsp3) is 0.333. The normalized spacial score (nSPS) is 12.2. The van der Waals surface area contributed by atoms with Crippen molar-refractivity contribution in [1.82, 2.24) is 15.1 Å². The quantitative estimate of drug-likeness (QED) is 0.897. The lowest BCUT2D eigenvalue weighted by atomic mass is 10.1.